The third-order valence-electron chi connectivity index (χ3n) is 5.12. The molecule has 3 aromatic heterocycles. The molecule has 0 radical (unpaired) electrons. The molecule has 0 unspecified atom stereocenters. The van der Waals surface area contributed by atoms with Crippen LogP contribution in [0.4, 0.5) is 0 Å². The Morgan fingerprint density at radius 1 is 0.686 bits per heavy atom. The van der Waals surface area contributed by atoms with Gasteiger partial charge in [-0.25, -0.2) is 9.97 Å². The molecular weight excluding hydrogens is 550 g/mol. The Balaban J connectivity index is 0.00000153. The van der Waals surface area contributed by atoms with Crippen LogP contribution in [-0.2, 0) is 0 Å². The summed E-state index contributed by atoms with van der Waals surface area (Å²) in [4.78, 5) is 18.2. The predicted octanol–water partition coefficient (Wildman–Crippen LogP) is 5.61. The van der Waals surface area contributed by atoms with Crippen molar-refractivity contribution in [1.29, 1.82) is 10.8 Å². The quantitative estimate of drug-likeness (QED) is 0.123. The minimum absolute atomic E-state index is 0. The van der Waals surface area contributed by atoms with Crippen LogP contribution in [-0.4, -0.2) is 45.7 Å². The number of rotatable bonds is 4. The number of aromatic nitrogens is 4. The Hall–Kier alpha value is -2.82. The standard InChI is InChI=1S/C22H20N8S.4ClH/c1-25-19(23)11-3-5-13-15(9-11)29-21(27-13)17-7-8-18(31-17)22-28-14-6-4-12(20(24)26-2)10-16(14)30-22;;;;/h3-10H,1-2H3,(H2,23,25)(H2,24,26)(H,27,29)(H,28,30);4*1H. The first-order valence-electron chi connectivity index (χ1n) is 9.69. The van der Waals surface area contributed by atoms with Crippen molar-refractivity contribution in [3.63, 3.8) is 0 Å². The zero-order valence-corrected chi connectivity index (χ0v) is 22.6. The molecule has 0 saturated heterocycles. The maximum absolute atomic E-state index is 7.94. The van der Waals surface area contributed by atoms with Crippen LogP contribution in [0.25, 0.3) is 43.5 Å². The Labute approximate surface area is 230 Å². The number of thiophene rings is 1. The fourth-order valence-electron chi connectivity index (χ4n) is 3.44. The van der Waals surface area contributed by atoms with Gasteiger partial charge in [0.2, 0.25) is 0 Å². The molecule has 13 heteroatoms. The number of hydrogen-bond donors (Lipinski definition) is 6. The lowest BCUT2D eigenvalue weighted by Gasteiger charge is -2.01. The second kappa shape index (κ2) is 12.2. The number of H-pyrrole nitrogens is 2. The summed E-state index contributed by atoms with van der Waals surface area (Å²) in [5.74, 6) is 2.31. The molecule has 3 heterocycles. The summed E-state index contributed by atoms with van der Waals surface area (Å²) in [6.45, 7) is 0. The molecule has 186 valence electrons. The number of halogens is 4. The second-order valence-electron chi connectivity index (χ2n) is 7.05. The zero-order chi connectivity index (χ0) is 21.5. The van der Waals surface area contributed by atoms with E-state index in [2.05, 4.69) is 20.6 Å². The predicted molar refractivity (Wildman–Crippen MR) is 155 cm³/mol. The van der Waals surface area contributed by atoms with Gasteiger partial charge in [0, 0.05) is 25.2 Å². The van der Waals surface area contributed by atoms with Crippen LogP contribution in [0, 0.1) is 10.8 Å². The lowest BCUT2D eigenvalue weighted by molar-refractivity contribution is 1.14. The van der Waals surface area contributed by atoms with Gasteiger partial charge in [-0.2, -0.15) is 0 Å². The SMILES string of the molecule is CNC(=N)c1ccc2[nH]c(-c3ccc(-c4nc5cc(C(=N)NC)ccc5[nH]4)s3)nc2c1.Cl.Cl.Cl.Cl. The van der Waals surface area contributed by atoms with Crippen LogP contribution in [0.1, 0.15) is 11.1 Å². The van der Waals surface area contributed by atoms with Crippen molar-refractivity contribution in [2.24, 2.45) is 0 Å². The number of nitrogens with zero attached hydrogens (tertiary/aromatic N) is 2. The van der Waals surface area contributed by atoms with Crippen LogP contribution >= 0.6 is 61.0 Å². The Morgan fingerprint density at radius 2 is 1.09 bits per heavy atom. The van der Waals surface area contributed by atoms with E-state index in [1.807, 2.05) is 48.5 Å². The Bertz CT molecular complexity index is 1360. The highest BCUT2D eigenvalue weighted by atomic mass is 35.5. The van der Waals surface area contributed by atoms with E-state index in [0.717, 1.165) is 54.6 Å². The maximum Gasteiger partial charge on any atom is 0.148 e. The number of hydrogen-bond acceptors (Lipinski definition) is 5. The smallest absolute Gasteiger partial charge is 0.148 e. The van der Waals surface area contributed by atoms with Gasteiger partial charge >= 0.3 is 0 Å². The first-order valence-corrected chi connectivity index (χ1v) is 10.5. The highest BCUT2D eigenvalue weighted by Gasteiger charge is 2.13. The average molecular weight is 574 g/mol. The molecule has 0 amide bonds. The van der Waals surface area contributed by atoms with E-state index >= 15 is 0 Å². The molecule has 0 aliphatic heterocycles. The molecule has 6 N–H and O–H groups in total. The summed E-state index contributed by atoms with van der Waals surface area (Å²) in [6.07, 6.45) is 0. The lowest BCUT2D eigenvalue weighted by atomic mass is 10.2. The van der Waals surface area contributed by atoms with Crippen molar-refractivity contribution >= 4 is 94.7 Å². The number of nitrogens with one attached hydrogen (secondary N) is 6. The fourth-order valence-corrected chi connectivity index (χ4v) is 4.33. The molecule has 5 aromatic rings. The molecule has 0 saturated carbocycles. The van der Waals surface area contributed by atoms with Gasteiger partial charge in [0.05, 0.1) is 31.8 Å². The minimum atomic E-state index is 0. The van der Waals surface area contributed by atoms with Crippen molar-refractivity contribution in [1.82, 2.24) is 30.6 Å². The molecular formula is C22H24Cl4N8S. The molecule has 0 aliphatic rings. The van der Waals surface area contributed by atoms with Gasteiger partial charge in [0.1, 0.15) is 23.3 Å². The van der Waals surface area contributed by atoms with Crippen LogP contribution in [0.2, 0.25) is 0 Å². The van der Waals surface area contributed by atoms with E-state index in [9.17, 15) is 0 Å². The molecule has 0 fully saturated rings. The molecule has 0 spiro atoms. The van der Waals surface area contributed by atoms with E-state index in [-0.39, 0.29) is 49.6 Å². The molecule has 5 rings (SSSR count). The van der Waals surface area contributed by atoms with Gasteiger partial charge in [-0.05, 0) is 48.5 Å². The van der Waals surface area contributed by atoms with Gasteiger partial charge in [-0.3, -0.25) is 10.8 Å². The lowest BCUT2D eigenvalue weighted by Crippen LogP contribution is -2.17. The molecule has 0 atom stereocenters. The first-order chi connectivity index (χ1) is 15.1. The normalized spacial score (nSPS) is 9.89. The van der Waals surface area contributed by atoms with E-state index in [1.165, 1.54) is 0 Å². The fraction of sp³-hybridized carbons (Fsp3) is 0.0909. The van der Waals surface area contributed by atoms with Gasteiger partial charge < -0.3 is 20.6 Å². The summed E-state index contributed by atoms with van der Waals surface area (Å²) in [5.41, 5.74) is 5.11. The third-order valence-corrected chi connectivity index (χ3v) is 6.21. The van der Waals surface area contributed by atoms with Gasteiger partial charge in [-0.15, -0.1) is 61.0 Å². The van der Waals surface area contributed by atoms with Crippen LogP contribution in [0.3, 0.4) is 0 Å². The van der Waals surface area contributed by atoms with Crippen LogP contribution in [0.15, 0.2) is 48.5 Å². The molecule has 2 aromatic carbocycles. The summed E-state index contributed by atoms with van der Waals surface area (Å²) in [6, 6.07) is 15.6. The average Bonchev–Trinajstić information content (AvgIpc) is 3.53. The second-order valence-corrected chi connectivity index (χ2v) is 8.13. The summed E-state index contributed by atoms with van der Waals surface area (Å²) in [5, 5.41) is 21.6. The summed E-state index contributed by atoms with van der Waals surface area (Å²) >= 11 is 1.60. The third kappa shape index (κ3) is 5.71. The van der Waals surface area contributed by atoms with Gasteiger partial charge in [0.25, 0.3) is 0 Å². The zero-order valence-electron chi connectivity index (χ0n) is 18.6. The Kier molecular flexibility index (Phi) is 10.6. The molecule has 35 heavy (non-hydrogen) atoms. The number of imidazole rings is 2. The number of aromatic amines is 2. The number of fused-ring (bicyclic) bond motifs is 2. The first kappa shape index (κ1) is 30.2. The van der Waals surface area contributed by atoms with Crippen molar-refractivity contribution in [3.8, 4) is 21.4 Å². The van der Waals surface area contributed by atoms with Crippen molar-refractivity contribution in [3.05, 3.63) is 59.7 Å². The highest BCUT2D eigenvalue weighted by molar-refractivity contribution is 7.18. The Morgan fingerprint density at radius 3 is 1.46 bits per heavy atom. The van der Waals surface area contributed by atoms with Crippen molar-refractivity contribution in [2.45, 2.75) is 0 Å². The van der Waals surface area contributed by atoms with Crippen molar-refractivity contribution in [2.75, 3.05) is 14.1 Å². The van der Waals surface area contributed by atoms with Crippen LogP contribution in [0.5, 0.6) is 0 Å². The van der Waals surface area contributed by atoms with Crippen molar-refractivity contribution < 1.29 is 0 Å². The van der Waals surface area contributed by atoms with E-state index < -0.39 is 0 Å². The van der Waals surface area contributed by atoms with E-state index in [0.29, 0.717) is 11.7 Å². The monoisotopic (exact) mass is 572 g/mol. The van der Waals surface area contributed by atoms with E-state index in [1.54, 1.807) is 25.4 Å². The number of benzene rings is 2. The number of amidine groups is 2. The summed E-state index contributed by atoms with van der Waals surface area (Å²) < 4.78 is 0. The molecule has 0 aliphatic carbocycles. The minimum Gasteiger partial charge on any atom is -0.373 e. The highest BCUT2D eigenvalue weighted by Crippen LogP contribution is 2.33. The topological polar surface area (TPSA) is 129 Å². The van der Waals surface area contributed by atoms with Crippen LogP contribution < -0.4 is 10.6 Å². The largest absolute Gasteiger partial charge is 0.373 e. The van der Waals surface area contributed by atoms with Gasteiger partial charge in [0.15, 0.2) is 0 Å². The molecule has 8 nitrogen and oxygen atoms in total. The van der Waals surface area contributed by atoms with E-state index in [4.69, 9.17) is 20.8 Å². The maximum atomic E-state index is 7.94. The van der Waals surface area contributed by atoms with Gasteiger partial charge in [-0.1, -0.05) is 0 Å². The molecule has 0 bridgehead atoms. The summed E-state index contributed by atoms with van der Waals surface area (Å²) in [7, 11) is 3.47.